The number of anilines is 1. The second kappa shape index (κ2) is 17.3. The molecule has 0 unspecified atom stereocenters. The van der Waals surface area contributed by atoms with Gasteiger partial charge in [-0.25, -0.2) is 14.6 Å². The molecule has 1 fully saturated rings. The average Bonchev–Trinajstić information content (AvgIpc) is 3.46. The summed E-state index contributed by atoms with van der Waals surface area (Å²) in [4.78, 5) is 53.3. The first-order chi connectivity index (χ1) is 25.3. The maximum Gasteiger partial charge on any atom is 0.414 e. The van der Waals surface area contributed by atoms with E-state index in [-0.39, 0.29) is 11.8 Å². The largest absolute Gasteiger partial charge is 0.494 e. The standard InChI is InChI=1S/C36H35Cl2N5O4.C2H2O4/c1-4-46-27-8-5-24(6-9-27)22-42-15-17-43(18-16-42)36(45)33-21-26-19-28(10-13-32(26)41(33)3)47-34-14-12-31(23(2)39-34)40-35(44)25-7-11-29(37)30(38)20-25;3-1(4)2(5)6/h5-14,19-21H,4,15-18,22H2,1-3H3,(H,40,44);(H,3,4)(H,5,6). The number of benzene rings is 3. The number of carboxylic acid groups (broad SMARTS) is 2. The van der Waals surface area contributed by atoms with Crippen molar-refractivity contribution in [2.45, 2.75) is 20.4 Å². The summed E-state index contributed by atoms with van der Waals surface area (Å²) in [5.41, 5.74) is 4.31. The van der Waals surface area contributed by atoms with Crippen LogP contribution in [0.2, 0.25) is 10.0 Å². The van der Waals surface area contributed by atoms with E-state index in [1.165, 1.54) is 11.6 Å². The van der Waals surface area contributed by atoms with Gasteiger partial charge in [0.1, 0.15) is 17.2 Å². The van der Waals surface area contributed by atoms with Gasteiger partial charge in [-0.2, -0.15) is 0 Å². The van der Waals surface area contributed by atoms with Crippen molar-refractivity contribution in [1.29, 1.82) is 0 Å². The van der Waals surface area contributed by atoms with Crippen molar-refractivity contribution in [3.8, 4) is 17.4 Å². The summed E-state index contributed by atoms with van der Waals surface area (Å²) < 4.78 is 13.6. The Morgan fingerprint density at radius 3 is 2.13 bits per heavy atom. The zero-order valence-electron chi connectivity index (χ0n) is 29.1. The Labute approximate surface area is 315 Å². The number of amides is 2. The van der Waals surface area contributed by atoms with Gasteiger partial charge >= 0.3 is 11.9 Å². The molecule has 0 spiro atoms. The maximum absolute atomic E-state index is 13.6. The van der Waals surface area contributed by atoms with Gasteiger partial charge in [0, 0.05) is 62.3 Å². The molecular weight excluding hydrogens is 725 g/mol. The minimum Gasteiger partial charge on any atom is -0.494 e. The van der Waals surface area contributed by atoms with Crippen LogP contribution in [0.1, 0.15) is 39.0 Å². The number of carboxylic acids is 2. The predicted octanol–water partition coefficient (Wildman–Crippen LogP) is 6.75. The van der Waals surface area contributed by atoms with Crippen LogP contribution >= 0.6 is 23.2 Å². The number of aromatic nitrogens is 2. The third-order valence-corrected chi connectivity index (χ3v) is 9.17. The average molecular weight is 763 g/mol. The highest BCUT2D eigenvalue weighted by atomic mass is 35.5. The lowest BCUT2D eigenvalue weighted by Gasteiger charge is -2.34. The predicted molar refractivity (Wildman–Crippen MR) is 200 cm³/mol. The summed E-state index contributed by atoms with van der Waals surface area (Å²) >= 11 is 12.0. The number of hydrogen-bond donors (Lipinski definition) is 3. The maximum atomic E-state index is 13.6. The van der Waals surface area contributed by atoms with Gasteiger partial charge in [-0.3, -0.25) is 14.5 Å². The van der Waals surface area contributed by atoms with Crippen LogP contribution in [0.4, 0.5) is 5.69 Å². The van der Waals surface area contributed by atoms with Gasteiger partial charge < -0.3 is 34.5 Å². The van der Waals surface area contributed by atoms with Crippen molar-refractivity contribution < 1.29 is 38.9 Å². The number of pyridine rings is 1. The number of rotatable bonds is 9. The summed E-state index contributed by atoms with van der Waals surface area (Å²) in [6, 6.07) is 24.0. The van der Waals surface area contributed by atoms with Crippen LogP contribution in [0.5, 0.6) is 17.4 Å². The highest BCUT2D eigenvalue weighted by Gasteiger charge is 2.25. The molecule has 0 radical (unpaired) electrons. The molecule has 0 atom stereocenters. The van der Waals surface area contributed by atoms with E-state index in [1.807, 2.05) is 59.8 Å². The van der Waals surface area contributed by atoms with Crippen molar-refractivity contribution in [3.63, 3.8) is 0 Å². The number of ether oxygens (including phenoxy) is 2. The van der Waals surface area contributed by atoms with Gasteiger partial charge in [-0.1, -0.05) is 35.3 Å². The minimum atomic E-state index is -1.82. The summed E-state index contributed by atoms with van der Waals surface area (Å²) in [7, 11) is 1.91. The molecule has 1 aliphatic rings. The molecule has 0 aliphatic carbocycles. The Morgan fingerprint density at radius 2 is 1.51 bits per heavy atom. The summed E-state index contributed by atoms with van der Waals surface area (Å²) in [5.74, 6) is -2.11. The Morgan fingerprint density at radius 1 is 0.830 bits per heavy atom. The molecule has 3 heterocycles. The summed E-state index contributed by atoms with van der Waals surface area (Å²) in [6.07, 6.45) is 0. The topological polar surface area (TPSA) is 164 Å². The Hall–Kier alpha value is -5.63. The van der Waals surface area contributed by atoms with E-state index in [4.69, 9.17) is 52.5 Å². The molecule has 2 aromatic heterocycles. The molecule has 1 saturated heterocycles. The van der Waals surface area contributed by atoms with E-state index in [0.717, 1.165) is 36.3 Å². The first-order valence-corrected chi connectivity index (χ1v) is 17.3. The highest BCUT2D eigenvalue weighted by molar-refractivity contribution is 6.42. The Bertz CT molecular complexity index is 2130. The lowest BCUT2D eigenvalue weighted by atomic mass is 10.2. The molecule has 276 valence electrons. The number of fused-ring (bicyclic) bond motifs is 1. The monoisotopic (exact) mass is 761 g/mol. The molecule has 13 nitrogen and oxygen atoms in total. The molecule has 53 heavy (non-hydrogen) atoms. The number of nitrogens with zero attached hydrogens (tertiary/aromatic N) is 4. The van der Waals surface area contributed by atoms with Gasteiger partial charge in [-0.15, -0.1) is 0 Å². The third kappa shape index (κ3) is 9.83. The minimum absolute atomic E-state index is 0.0164. The van der Waals surface area contributed by atoms with E-state index in [0.29, 0.717) is 64.0 Å². The number of halogens is 2. The van der Waals surface area contributed by atoms with E-state index in [9.17, 15) is 9.59 Å². The number of piperazine rings is 1. The molecule has 5 aromatic rings. The van der Waals surface area contributed by atoms with Crippen LogP contribution in [0.25, 0.3) is 10.9 Å². The van der Waals surface area contributed by atoms with Crippen LogP contribution in [0.15, 0.2) is 78.9 Å². The first-order valence-electron chi connectivity index (χ1n) is 16.5. The van der Waals surface area contributed by atoms with Gasteiger partial charge in [0.15, 0.2) is 0 Å². The van der Waals surface area contributed by atoms with Crippen molar-refractivity contribution in [3.05, 3.63) is 111 Å². The number of aryl methyl sites for hydroxylation is 2. The fraction of sp³-hybridized carbons (Fsp3) is 0.237. The molecule has 1 aliphatic heterocycles. The Kier molecular flexibility index (Phi) is 12.6. The van der Waals surface area contributed by atoms with Crippen molar-refractivity contribution >= 4 is 63.5 Å². The van der Waals surface area contributed by atoms with Gasteiger partial charge in [0.2, 0.25) is 5.88 Å². The first kappa shape index (κ1) is 38.6. The van der Waals surface area contributed by atoms with Crippen LogP contribution in [-0.2, 0) is 23.2 Å². The van der Waals surface area contributed by atoms with Gasteiger partial charge in [-0.05, 0) is 80.1 Å². The quantitative estimate of drug-likeness (QED) is 0.137. The van der Waals surface area contributed by atoms with Gasteiger partial charge in [0.05, 0.1) is 28.0 Å². The number of hydrogen-bond acceptors (Lipinski definition) is 8. The summed E-state index contributed by atoms with van der Waals surface area (Å²) in [6.45, 7) is 8.22. The van der Waals surface area contributed by atoms with E-state index in [2.05, 4.69) is 27.3 Å². The van der Waals surface area contributed by atoms with Crippen LogP contribution in [-0.4, -0.2) is 86.1 Å². The number of nitrogens with one attached hydrogen (secondary N) is 1. The zero-order chi connectivity index (χ0) is 38.2. The second-order valence-corrected chi connectivity index (χ2v) is 12.8. The number of carbonyl (C=O) groups is 4. The smallest absolute Gasteiger partial charge is 0.414 e. The van der Waals surface area contributed by atoms with Crippen molar-refractivity contribution in [1.82, 2.24) is 19.4 Å². The molecule has 15 heteroatoms. The summed E-state index contributed by atoms with van der Waals surface area (Å²) in [5, 5.41) is 19.2. The Balaban J connectivity index is 0.000000833. The fourth-order valence-electron chi connectivity index (χ4n) is 5.66. The van der Waals surface area contributed by atoms with E-state index < -0.39 is 11.9 Å². The van der Waals surface area contributed by atoms with Crippen molar-refractivity contribution in [2.24, 2.45) is 7.05 Å². The molecule has 3 aromatic carbocycles. The molecular formula is C38H37Cl2N5O8. The SMILES string of the molecule is CCOc1ccc(CN2CCN(C(=O)c3cc4cc(Oc5ccc(NC(=O)c6ccc(Cl)c(Cl)c6)c(C)n5)ccc4n3C)CC2)cc1.O=C(O)C(=O)O. The molecule has 0 bridgehead atoms. The van der Waals surface area contributed by atoms with Crippen LogP contribution < -0.4 is 14.8 Å². The molecule has 2 amide bonds. The van der Waals surface area contributed by atoms with E-state index in [1.54, 1.807) is 31.2 Å². The molecule has 0 saturated carbocycles. The van der Waals surface area contributed by atoms with Gasteiger partial charge in [0.25, 0.3) is 11.8 Å². The zero-order valence-corrected chi connectivity index (χ0v) is 30.6. The molecule has 6 rings (SSSR count). The van der Waals surface area contributed by atoms with Crippen molar-refractivity contribution in [2.75, 3.05) is 38.1 Å². The van der Waals surface area contributed by atoms with Crippen LogP contribution in [0.3, 0.4) is 0 Å². The lowest BCUT2D eigenvalue weighted by Crippen LogP contribution is -2.48. The van der Waals surface area contributed by atoms with Crippen LogP contribution in [0, 0.1) is 6.92 Å². The third-order valence-electron chi connectivity index (χ3n) is 8.43. The normalized spacial score (nSPS) is 12.8. The van der Waals surface area contributed by atoms with E-state index >= 15 is 0 Å². The number of aliphatic carboxylic acids is 2. The number of carbonyl (C=O) groups excluding carboxylic acids is 2. The highest BCUT2D eigenvalue weighted by Crippen LogP contribution is 2.29. The lowest BCUT2D eigenvalue weighted by molar-refractivity contribution is -0.159. The molecule has 3 N–H and O–H groups in total. The second-order valence-electron chi connectivity index (χ2n) is 12.0. The fourth-order valence-corrected chi connectivity index (χ4v) is 5.96.